The van der Waals surface area contributed by atoms with E-state index in [0.29, 0.717) is 11.3 Å². The molecule has 1 heterocycles. The van der Waals surface area contributed by atoms with E-state index in [9.17, 15) is 18.0 Å². The molecule has 2 amide bonds. The number of hydrogen-bond donors (Lipinski definition) is 1. The number of rotatable bonds is 6. The van der Waals surface area contributed by atoms with E-state index in [1.54, 1.807) is 0 Å². The molecule has 0 bridgehead atoms. The van der Waals surface area contributed by atoms with Gasteiger partial charge in [-0.15, -0.1) is 5.10 Å². The largest absolute Gasteiger partial charge is 0.497 e. The number of benzene rings is 1. The van der Waals surface area contributed by atoms with Crippen molar-refractivity contribution in [1.29, 1.82) is 0 Å². The minimum absolute atomic E-state index is 0.0101. The van der Waals surface area contributed by atoms with Gasteiger partial charge in [0.15, 0.2) is 6.29 Å². The van der Waals surface area contributed by atoms with Crippen LogP contribution in [0.4, 0.5) is 4.79 Å². The average Bonchev–Trinajstić information content (AvgIpc) is 3.04. The number of sulfonamides is 1. The molecule has 1 aliphatic rings. The number of urea groups is 1. The summed E-state index contributed by atoms with van der Waals surface area (Å²) in [6.07, 6.45) is -1.02. The highest BCUT2D eigenvalue weighted by atomic mass is 32.2. The topological polar surface area (TPSA) is 136 Å². The number of carbonyl (C=O) groups excluding carboxylic acids is 2. The van der Waals surface area contributed by atoms with E-state index >= 15 is 0 Å². The highest BCUT2D eigenvalue weighted by Crippen LogP contribution is 2.28. The second kappa shape index (κ2) is 8.09. The summed E-state index contributed by atoms with van der Waals surface area (Å²) in [7, 11) is 0.717. The van der Waals surface area contributed by atoms with Crippen LogP contribution in [-0.4, -0.2) is 71.4 Å². The monoisotopic (exact) mass is 402 g/mol. The maximum atomic E-state index is 12.6. The third kappa shape index (κ3) is 3.88. The van der Waals surface area contributed by atoms with Gasteiger partial charge in [0, 0.05) is 6.07 Å². The lowest BCUT2D eigenvalue weighted by Gasteiger charge is -2.23. The van der Waals surface area contributed by atoms with Crippen molar-refractivity contribution in [3.8, 4) is 11.5 Å². The number of methoxy groups -OCH3 is 3. The van der Waals surface area contributed by atoms with Crippen molar-refractivity contribution in [1.82, 2.24) is 14.8 Å². The lowest BCUT2D eigenvalue weighted by atomic mass is 10.3. The van der Waals surface area contributed by atoms with Crippen molar-refractivity contribution >= 4 is 28.4 Å². The van der Waals surface area contributed by atoms with Crippen LogP contribution in [0.2, 0.25) is 0 Å². The first-order valence-electron chi connectivity index (χ1n) is 7.32. The van der Waals surface area contributed by atoms with Crippen molar-refractivity contribution in [3.63, 3.8) is 0 Å². The summed E-state index contributed by atoms with van der Waals surface area (Å²) < 4.78 is 42.0. The van der Waals surface area contributed by atoms with Crippen LogP contribution in [0.1, 0.15) is 0 Å². The predicted molar refractivity (Wildman–Crippen MR) is 90.2 cm³/mol. The van der Waals surface area contributed by atoms with Gasteiger partial charge in [0.2, 0.25) is 6.17 Å². The number of carbonyl (C=O) groups is 2. The Bertz CT molecular complexity index is 857. The van der Waals surface area contributed by atoms with Crippen LogP contribution in [-0.2, 0) is 24.4 Å². The summed E-state index contributed by atoms with van der Waals surface area (Å²) in [6.45, 7) is 0. The van der Waals surface area contributed by atoms with Crippen molar-refractivity contribution in [2.45, 2.75) is 11.1 Å². The Morgan fingerprint density at radius 1 is 1.19 bits per heavy atom. The van der Waals surface area contributed by atoms with Gasteiger partial charge >= 0.3 is 12.1 Å². The summed E-state index contributed by atoms with van der Waals surface area (Å²) >= 11 is 0. The van der Waals surface area contributed by atoms with Gasteiger partial charge in [-0.2, -0.15) is 10.1 Å². The van der Waals surface area contributed by atoms with Gasteiger partial charge < -0.3 is 14.2 Å². The highest BCUT2D eigenvalue weighted by Gasteiger charge is 2.41. The molecule has 1 aliphatic heterocycles. The first kappa shape index (κ1) is 20.3. The quantitative estimate of drug-likeness (QED) is 0.637. The molecule has 148 valence electrons. The van der Waals surface area contributed by atoms with E-state index in [0.717, 1.165) is 5.06 Å². The fourth-order valence-electron chi connectivity index (χ4n) is 2.21. The minimum atomic E-state index is -4.38. The molecule has 0 spiro atoms. The van der Waals surface area contributed by atoms with Gasteiger partial charge in [-0.25, -0.2) is 17.9 Å². The molecule has 0 saturated carbocycles. The molecule has 0 aromatic heterocycles. The number of nitrogens with zero attached hydrogens (tertiary/aromatic N) is 3. The van der Waals surface area contributed by atoms with Gasteiger partial charge in [-0.1, -0.05) is 0 Å². The zero-order valence-electron chi connectivity index (χ0n) is 14.9. The van der Waals surface area contributed by atoms with Gasteiger partial charge in [-0.05, 0) is 12.1 Å². The molecule has 0 radical (unpaired) electrons. The van der Waals surface area contributed by atoms with Gasteiger partial charge in [0.25, 0.3) is 10.0 Å². The number of ether oxygens (including phenoxy) is 3. The third-order valence-electron chi connectivity index (χ3n) is 3.46. The Morgan fingerprint density at radius 2 is 1.89 bits per heavy atom. The third-order valence-corrected chi connectivity index (χ3v) is 4.81. The predicted octanol–water partition coefficient (Wildman–Crippen LogP) is -0.276. The molecule has 1 aromatic carbocycles. The Kier molecular flexibility index (Phi) is 6.07. The number of hydrazone groups is 1. The molecule has 2 rings (SSSR count). The molecule has 0 fully saturated rings. The van der Waals surface area contributed by atoms with E-state index in [2.05, 4.69) is 5.10 Å². The van der Waals surface area contributed by atoms with Gasteiger partial charge in [0.1, 0.15) is 16.4 Å². The molecular weight excluding hydrogens is 384 g/mol. The number of aldehydes is 1. The van der Waals surface area contributed by atoms with Crippen molar-refractivity contribution in [3.05, 3.63) is 18.2 Å². The molecule has 12 nitrogen and oxygen atoms in total. The van der Waals surface area contributed by atoms with E-state index < -0.39 is 22.2 Å². The van der Waals surface area contributed by atoms with Gasteiger partial charge in [0.05, 0.1) is 28.4 Å². The lowest BCUT2D eigenvalue weighted by molar-refractivity contribution is -0.144. The summed E-state index contributed by atoms with van der Waals surface area (Å²) in [5.41, 5.74) is 0. The Hall–Kier alpha value is -3.06. The minimum Gasteiger partial charge on any atom is -0.497 e. The Morgan fingerprint density at radius 3 is 2.41 bits per heavy atom. The lowest BCUT2D eigenvalue weighted by Crippen LogP contribution is -2.49. The fraction of sp³-hybridized carbons (Fsp3) is 0.357. The van der Waals surface area contributed by atoms with E-state index in [4.69, 9.17) is 19.0 Å². The Labute approximate surface area is 155 Å². The molecule has 1 unspecified atom stereocenters. The zero-order valence-corrected chi connectivity index (χ0v) is 15.7. The van der Waals surface area contributed by atoms with Crippen LogP contribution in [0, 0.1) is 0 Å². The SMILES string of the molecule is COC1=NN(C(=O)NS(=O)(=O)c2cc(OC)ccc2OC)C(C=O)N1OC. The molecule has 1 atom stereocenters. The van der Waals surface area contributed by atoms with Crippen LogP contribution in [0.15, 0.2) is 28.2 Å². The van der Waals surface area contributed by atoms with Gasteiger partial charge in [-0.3, -0.25) is 9.63 Å². The molecule has 1 aromatic rings. The first-order valence-corrected chi connectivity index (χ1v) is 8.80. The number of hydroxylamine groups is 2. The molecule has 0 aliphatic carbocycles. The number of amidine groups is 1. The highest BCUT2D eigenvalue weighted by molar-refractivity contribution is 7.90. The average molecular weight is 402 g/mol. The molecule has 0 saturated heterocycles. The molecule has 1 N–H and O–H groups in total. The first-order chi connectivity index (χ1) is 12.8. The Balaban J connectivity index is 2.34. The molecular formula is C14H18N4O8S. The number of hydrogen-bond acceptors (Lipinski definition) is 10. The van der Waals surface area contributed by atoms with Crippen molar-refractivity contribution in [2.75, 3.05) is 28.4 Å². The summed E-state index contributed by atoms with van der Waals surface area (Å²) in [5, 5.41) is 5.19. The van der Waals surface area contributed by atoms with Crippen LogP contribution in [0.5, 0.6) is 11.5 Å². The second-order valence-electron chi connectivity index (χ2n) is 4.92. The second-order valence-corrected chi connectivity index (χ2v) is 6.57. The van der Waals surface area contributed by atoms with Crippen LogP contribution in [0.25, 0.3) is 0 Å². The van der Waals surface area contributed by atoms with Crippen molar-refractivity contribution in [2.24, 2.45) is 5.10 Å². The molecule has 27 heavy (non-hydrogen) atoms. The maximum absolute atomic E-state index is 12.6. The summed E-state index contributed by atoms with van der Waals surface area (Å²) in [4.78, 5) is 28.3. The van der Waals surface area contributed by atoms with Crippen LogP contribution < -0.4 is 14.2 Å². The standard InChI is InChI=1S/C14H18N4O8S/c1-23-9-5-6-10(24-2)11(7-9)27(21,22)16-13(20)17-12(8-19)18(26-4)14(15-17)25-3/h5-8,12H,1-4H3,(H,16,20). The number of nitrogens with one attached hydrogen (secondary N) is 1. The zero-order chi connectivity index (χ0) is 20.2. The van der Waals surface area contributed by atoms with E-state index in [1.165, 1.54) is 46.6 Å². The van der Waals surface area contributed by atoms with E-state index in [-0.39, 0.29) is 22.4 Å². The van der Waals surface area contributed by atoms with E-state index in [1.807, 2.05) is 4.72 Å². The smallest absolute Gasteiger partial charge is 0.354 e. The van der Waals surface area contributed by atoms with Crippen LogP contribution in [0.3, 0.4) is 0 Å². The summed E-state index contributed by atoms with van der Waals surface area (Å²) in [6, 6.07) is 2.64. The fourth-order valence-corrected chi connectivity index (χ4v) is 3.33. The molecule has 13 heteroatoms. The normalized spacial score (nSPS) is 16.6. The van der Waals surface area contributed by atoms with Crippen molar-refractivity contribution < 1.29 is 37.1 Å². The maximum Gasteiger partial charge on any atom is 0.354 e. The number of amides is 2. The summed E-state index contributed by atoms with van der Waals surface area (Å²) in [5.74, 6) is 0.227. The van der Waals surface area contributed by atoms with Crippen LogP contribution >= 0.6 is 0 Å².